The zero-order chi connectivity index (χ0) is 12.2. The lowest BCUT2D eigenvalue weighted by Crippen LogP contribution is -2.16. The van der Waals surface area contributed by atoms with Crippen LogP contribution >= 0.6 is 0 Å². The molecule has 0 spiro atoms. The van der Waals surface area contributed by atoms with E-state index in [1.54, 1.807) is 27.7 Å². The molecule has 1 aromatic carbocycles. The molecule has 0 aliphatic carbocycles. The second-order valence-corrected chi connectivity index (χ2v) is 4.35. The maximum atomic E-state index is 13.4. The Morgan fingerprint density at radius 2 is 1.27 bits per heavy atom. The van der Waals surface area contributed by atoms with Crippen molar-refractivity contribution in [3.05, 3.63) is 34.9 Å². The molecule has 0 aliphatic rings. The Balaban J connectivity index is 0.000000921. The average Bonchev–Trinajstić information content (AvgIpc) is 2.02. The number of hydrogen-bond acceptors (Lipinski definition) is 0. The molecule has 0 unspecified atom stereocenters. The number of benzene rings is 1. The molecule has 1 rings (SSSR count). The van der Waals surface area contributed by atoms with Crippen LogP contribution in [0.15, 0.2) is 12.1 Å². The number of hydrogen-bond donors (Lipinski definition) is 0. The van der Waals surface area contributed by atoms with Crippen molar-refractivity contribution < 1.29 is 8.78 Å². The van der Waals surface area contributed by atoms with Crippen LogP contribution in [0.5, 0.6) is 0 Å². The highest BCUT2D eigenvalue weighted by atomic mass is 19.1. The predicted molar refractivity (Wildman–Crippen MR) is 61.1 cm³/mol. The highest BCUT2D eigenvalue weighted by molar-refractivity contribution is 5.30. The Morgan fingerprint density at radius 3 is 1.53 bits per heavy atom. The van der Waals surface area contributed by atoms with Crippen molar-refractivity contribution in [3.8, 4) is 0 Å². The Morgan fingerprint density at radius 1 is 0.933 bits per heavy atom. The van der Waals surface area contributed by atoms with Crippen LogP contribution in [0.25, 0.3) is 0 Å². The highest BCUT2D eigenvalue weighted by Crippen LogP contribution is 2.28. The first-order chi connectivity index (χ1) is 6.82. The second kappa shape index (κ2) is 5.24. The second-order valence-electron chi connectivity index (χ2n) is 4.35. The molecule has 0 nitrogen and oxygen atoms in total. The van der Waals surface area contributed by atoms with Crippen molar-refractivity contribution in [2.24, 2.45) is 0 Å². The van der Waals surface area contributed by atoms with E-state index in [4.69, 9.17) is 0 Å². The first-order valence-electron chi connectivity index (χ1n) is 5.28. The van der Waals surface area contributed by atoms with E-state index in [1.165, 1.54) is 12.1 Å². The summed E-state index contributed by atoms with van der Waals surface area (Å²) in [5, 5.41) is 0. The van der Waals surface area contributed by atoms with Crippen LogP contribution in [0.2, 0.25) is 0 Å². The monoisotopic (exact) mass is 214 g/mol. The lowest BCUT2D eigenvalue weighted by Gasteiger charge is -2.20. The Bertz CT molecular complexity index is 299. The topological polar surface area (TPSA) is 0 Å². The smallest absolute Gasteiger partial charge is 0.130 e. The van der Waals surface area contributed by atoms with E-state index in [0.29, 0.717) is 5.56 Å². The maximum absolute atomic E-state index is 13.4. The molecule has 0 N–H and O–H groups in total. The molecule has 0 heterocycles. The van der Waals surface area contributed by atoms with Crippen molar-refractivity contribution in [2.45, 2.75) is 47.0 Å². The van der Waals surface area contributed by atoms with Crippen molar-refractivity contribution in [2.75, 3.05) is 0 Å². The first kappa shape index (κ1) is 14.1. The Labute approximate surface area is 91.3 Å². The van der Waals surface area contributed by atoms with Gasteiger partial charge in [0.05, 0.1) is 0 Å². The minimum Gasteiger partial charge on any atom is -0.207 e. The third kappa shape index (κ3) is 3.61. The summed E-state index contributed by atoms with van der Waals surface area (Å²) in [7, 11) is 0. The SMILES string of the molecule is CC.Cc1cc(F)c(C(C)(C)C)c(F)c1. The minimum absolute atomic E-state index is 0.165. The van der Waals surface area contributed by atoms with Crippen molar-refractivity contribution in [3.63, 3.8) is 0 Å². The third-order valence-corrected chi connectivity index (χ3v) is 1.94. The van der Waals surface area contributed by atoms with Gasteiger partial charge in [0.1, 0.15) is 11.6 Å². The van der Waals surface area contributed by atoms with Crippen LogP contribution in [-0.2, 0) is 5.41 Å². The van der Waals surface area contributed by atoms with Gasteiger partial charge in [0.25, 0.3) is 0 Å². The van der Waals surface area contributed by atoms with Gasteiger partial charge in [-0.15, -0.1) is 0 Å². The fourth-order valence-electron chi connectivity index (χ4n) is 1.42. The molecule has 0 fully saturated rings. The highest BCUT2D eigenvalue weighted by Gasteiger charge is 2.22. The molecule has 0 radical (unpaired) electrons. The zero-order valence-corrected chi connectivity index (χ0v) is 10.4. The van der Waals surface area contributed by atoms with E-state index in [2.05, 4.69) is 0 Å². The zero-order valence-electron chi connectivity index (χ0n) is 10.4. The van der Waals surface area contributed by atoms with Crippen LogP contribution in [0, 0.1) is 18.6 Å². The van der Waals surface area contributed by atoms with Crippen LogP contribution in [-0.4, -0.2) is 0 Å². The summed E-state index contributed by atoms with van der Waals surface area (Å²) in [4.78, 5) is 0. The summed E-state index contributed by atoms with van der Waals surface area (Å²) in [6, 6.07) is 2.73. The quantitative estimate of drug-likeness (QED) is 0.592. The van der Waals surface area contributed by atoms with Gasteiger partial charge in [-0.3, -0.25) is 0 Å². The van der Waals surface area contributed by atoms with Gasteiger partial charge in [0.15, 0.2) is 0 Å². The van der Waals surface area contributed by atoms with Gasteiger partial charge in [0, 0.05) is 5.56 Å². The molecule has 0 atom stereocenters. The van der Waals surface area contributed by atoms with Gasteiger partial charge in [-0.2, -0.15) is 0 Å². The normalized spacial score (nSPS) is 10.7. The number of halogens is 2. The van der Waals surface area contributed by atoms with E-state index in [9.17, 15) is 8.78 Å². The maximum Gasteiger partial charge on any atom is 0.130 e. The summed E-state index contributed by atoms with van der Waals surface area (Å²) in [5.41, 5.74) is 0.295. The predicted octanol–water partition coefficient (Wildman–Crippen LogP) is 4.60. The molecule has 0 saturated carbocycles. The summed E-state index contributed by atoms with van der Waals surface area (Å²) >= 11 is 0. The fraction of sp³-hybridized carbons (Fsp3) is 0.538. The van der Waals surface area contributed by atoms with E-state index < -0.39 is 17.0 Å². The van der Waals surface area contributed by atoms with Gasteiger partial charge in [0.2, 0.25) is 0 Å². The summed E-state index contributed by atoms with van der Waals surface area (Å²) in [6.45, 7) is 11.1. The third-order valence-electron chi connectivity index (χ3n) is 1.94. The molecule has 86 valence electrons. The van der Waals surface area contributed by atoms with E-state index >= 15 is 0 Å². The number of aryl methyl sites for hydroxylation is 1. The van der Waals surface area contributed by atoms with Gasteiger partial charge in [-0.1, -0.05) is 34.6 Å². The van der Waals surface area contributed by atoms with Crippen LogP contribution in [0.3, 0.4) is 0 Å². The summed E-state index contributed by atoms with van der Waals surface area (Å²) < 4.78 is 26.7. The van der Waals surface area contributed by atoms with Gasteiger partial charge in [-0.05, 0) is 30.0 Å². The molecule has 0 aromatic heterocycles. The minimum atomic E-state index is -0.484. The number of rotatable bonds is 0. The largest absolute Gasteiger partial charge is 0.207 e. The molecule has 0 saturated heterocycles. The van der Waals surface area contributed by atoms with Crippen LogP contribution in [0.1, 0.15) is 45.7 Å². The fourth-order valence-corrected chi connectivity index (χ4v) is 1.42. The lowest BCUT2D eigenvalue weighted by atomic mass is 9.86. The molecule has 0 amide bonds. The molecule has 2 heteroatoms. The van der Waals surface area contributed by atoms with E-state index in [0.717, 1.165) is 0 Å². The molecular formula is C13H20F2. The van der Waals surface area contributed by atoms with Crippen LogP contribution < -0.4 is 0 Å². The first-order valence-corrected chi connectivity index (χ1v) is 5.28. The van der Waals surface area contributed by atoms with E-state index in [1.807, 2.05) is 13.8 Å². The standard InChI is InChI=1S/C11H14F2.C2H6/c1-7-5-8(12)10(9(13)6-7)11(2,3)4;1-2/h5-6H,1-4H3;1-2H3. The van der Waals surface area contributed by atoms with Crippen molar-refractivity contribution >= 4 is 0 Å². The Hall–Kier alpha value is -0.920. The molecule has 1 aromatic rings. The molecule has 0 bridgehead atoms. The Kier molecular flexibility index (Phi) is 4.92. The summed E-state index contributed by atoms with van der Waals surface area (Å²) in [6.07, 6.45) is 0. The molecular weight excluding hydrogens is 194 g/mol. The summed E-state index contributed by atoms with van der Waals surface area (Å²) in [5.74, 6) is -0.907. The van der Waals surface area contributed by atoms with Gasteiger partial charge < -0.3 is 0 Å². The average molecular weight is 214 g/mol. The molecule has 0 aliphatic heterocycles. The van der Waals surface area contributed by atoms with Gasteiger partial charge >= 0.3 is 0 Å². The van der Waals surface area contributed by atoms with Crippen LogP contribution in [0.4, 0.5) is 8.78 Å². The van der Waals surface area contributed by atoms with Crippen molar-refractivity contribution in [1.29, 1.82) is 0 Å². The lowest BCUT2D eigenvalue weighted by molar-refractivity contribution is 0.474. The van der Waals surface area contributed by atoms with E-state index in [-0.39, 0.29) is 5.56 Å². The molecule has 15 heavy (non-hydrogen) atoms. The van der Waals surface area contributed by atoms with Crippen molar-refractivity contribution in [1.82, 2.24) is 0 Å². The van der Waals surface area contributed by atoms with Gasteiger partial charge in [-0.25, -0.2) is 8.78 Å².